The van der Waals surface area contributed by atoms with E-state index in [2.05, 4.69) is 10.4 Å². The molecule has 0 fully saturated rings. The minimum Gasteiger partial charge on any atom is -0.489 e. The lowest BCUT2D eigenvalue weighted by molar-refractivity contribution is 0.0951. The minimum absolute atomic E-state index is 0.156. The Morgan fingerprint density at radius 3 is 2.28 bits per heavy atom. The molecule has 1 amide bonds. The third-order valence-electron chi connectivity index (χ3n) is 4.49. The molecule has 0 saturated carbocycles. The molecule has 5 heteroatoms. The van der Waals surface area contributed by atoms with E-state index in [4.69, 9.17) is 4.74 Å². The van der Waals surface area contributed by atoms with Crippen molar-refractivity contribution < 1.29 is 9.53 Å². The molecule has 1 N–H and O–H groups in total. The number of hydrogen-bond acceptors (Lipinski definition) is 3. The summed E-state index contributed by atoms with van der Waals surface area (Å²) in [7, 11) is 0. The number of carbonyl (C=O) groups excluding carboxylic acids is 1. The van der Waals surface area contributed by atoms with Gasteiger partial charge in [-0.05, 0) is 35.4 Å². The van der Waals surface area contributed by atoms with Crippen molar-refractivity contribution in [2.24, 2.45) is 0 Å². The zero-order valence-electron chi connectivity index (χ0n) is 15.9. The van der Waals surface area contributed by atoms with Crippen LogP contribution in [-0.4, -0.2) is 15.7 Å². The molecule has 29 heavy (non-hydrogen) atoms. The molecule has 5 nitrogen and oxygen atoms in total. The van der Waals surface area contributed by atoms with Gasteiger partial charge in [-0.25, -0.2) is 4.68 Å². The molecular weight excluding hydrogens is 362 g/mol. The van der Waals surface area contributed by atoms with Crippen LogP contribution >= 0.6 is 0 Å². The van der Waals surface area contributed by atoms with Gasteiger partial charge in [0.2, 0.25) is 0 Å². The van der Waals surface area contributed by atoms with Crippen LogP contribution in [0.4, 0.5) is 0 Å². The first-order valence-electron chi connectivity index (χ1n) is 9.42. The zero-order valence-corrected chi connectivity index (χ0v) is 15.9. The summed E-state index contributed by atoms with van der Waals surface area (Å²) in [5, 5.41) is 7.18. The van der Waals surface area contributed by atoms with Crippen LogP contribution in [0.1, 0.15) is 21.5 Å². The number of carbonyl (C=O) groups is 1. The zero-order chi connectivity index (χ0) is 19.9. The molecule has 0 aliphatic carbocycles. The Morgan fingerprint density at radius 2 is 1.55 bits per heavy atom. The van der Waals surface area contributed by atoms with Crippen molar-refractivity contribution in [1.82, 2.24) is 15.1 Å². The number of rotatable bonds is 7. The van der Waals surface area contributed by atoms with E-state index in [1.165, 1.54) is 0 Å². The second-order valence-corrected chi connectivity index (χ2v) is 6.61. The lowest BCUT2D eigenvalue weighted by Crippen LogP contribution is -2.22. The second kappa shape index (κ2) is 8.89. The summed E-state index contributed by atoms with van der Waals surface area (Å²) >= 11 is 0. The quantitative estimate of drug-likeness (QED) is 0.515. The van der Waals surface area contributed by atoms with Crippen LogP contribution in [0.3, 0.4) is 0 Å². The highest BCUT2D eigenvalue weighted by atomic mass is 16.5. The molecule has 0 spiro atoms. The third kappa shape index (κ3) is 4.90. The van der Waals surface area contributed by atoms with Crippen LogP contribution in [0.5, 0.6) is 5.75 Å². The van der Waals surface area contributed by atoms with Crippen molar-refractivity contribution in [2.45, 2.75) is 13.2 Å². The Kier molecular flexibility index (Phi) is 5.67. The molecule has 1 heterocycles. The summed E-state index contributed by atoms with van der Waals surface area (Å²) in [5.41, 5.74) is 3.56. The maximum absolute atomic E-state index is 12.4. The molecule has 0 bridgehead atoms. The summed E-state index contributed by atoms with van der Waals surface area (Å²) in [6, 6.07) is 27.5. The van der Waals surface area contributed by atoms with E-state index in [1.54, 1.807) is 17.1 Å². The fourth-order valence-electron chi connectivity index (χ4n) is 2.89. The number of para-hydroxylation sites is 1. The lowest BCUT2D eigenvalue weighted by atomic mass is 10.2. The van der Waals surface area contributed by atoms with E-state index in [0.29, 0.717) is 18.7 Å². The van der Waals surface area contributed by atoms with Gasteiger partial charge in [0.15, 0.2) is 0 Å². The van der Waals surface area contributed by atoms with Crippen LogP contribution in [0.15, 0.2) is 97.3 Å². The van der Waals surface area contributed by atoms with Crippen LogP contribution in [0.25, 0.3) is 5.69 Å². The van der Waals surface area contributed by atoms with Crippen LogP contribution in [0, 0.1) is 0 Å². The molecule has 1 aromatic heterocycles. The smallest absolute Gasteiger partial charge is 0.254 e. The highest BCUT2D eigenvalue weighted by molar-refractivity contribution is 5.93. The number of benzene rings is 3. The van der Waals surface area contributed by atoms with Gasteiger partial charge < -0.3 is 10.1 Å². The number of nitrogens with one attached hydrogen (secondary N) is 1. The summed E-state index contributed by atoms with van der Waals surface area (Å²) in [4.78, 5) is 12.4. The highest BCUT2D eigenvalue weighted by Crippen LogP contribution is 2.14. The van der Waals surface area contributed by atoms with E-state index >= 15 is 0 Å². The van der Waals surface area contributed by atoms with Gasteiger partial charge in [-0.3, -0.25) is 4.79 Å². The Balaban J connectivity index is 1.30. The molecule has 3 aromatic carbocycles. The van der Waals surface area contributed by atoms with Gasteiger partial charge in [-0.1, -0.05) is 60.7 Å². The maximum atomic E-state index is 12.4. The Morgan fingerprint density at radius 1 is 0.862 bits per heavy atom. The molecule has 0 aliphatic heterocycles. The first-order chi connectivity index (χ1) is 14.3. The average Bonchev–Trinajstić information content (AvgIpc) is 3.29. The van der Waals surface area contributed by atoms with E-state index < -0.39 is 0 Å². The van der Waals surface area contributed by atoms with Crippen molar-refractivity contribution in [3.8, 4) is 11.4 Å². The third-order valence-corrected chi connectivity index (χ3v) is 4.49. The SMILES string of the molecule is O=C(NCc1ccc(OCc2ccccc2)cc1)c1cnn(-c2ccccc2)c1. The first kappa shape index (κ1) is 18.5. The topological polar surface area (TPSA) is 56.1 Å². The summed E-state index contributed by atoms with van der Waals surface area (Å²) < 4.78 is 7.48. The fourth-order valence-corrected chi connectivity index (χ4v) is 2.89. The van der Waals surface area contributed by atoms with Crippen molar-refractivity contribution in [1.29, 1.82) is 0 Å². The van der Waals surface area contributed by atoms with Gasteiger partial charge in [-0.2, -0.15) is 5.10 Å². The number of nitrogens with zero attached hydrogens (tertiary/aromatic N) is 2. The van der Waals surface area contributed by atoms with E-state index in [0.717, 1.165) is 22.6 Å². The van der Waals surface area contributed by atoms with E-state index in [-0.39, 0.29) is 5.91 Å². The Labute approximate surface area is 169 Å². The van der Waals surface area contributed by atoms with Gasteiger partial charge in [-0.15, -0.1) is 0 Å². The first-order valence-corrected chi connectivity index (χ1v) is 9.42. The summed E-state index contributed by atoms with van der Waals surface area (Å²) in [6.45, 7) is 0.969. The maximum Gasteiger partial charge on any atom is 0.254 e. The summed E-state index contributed by atoms with van der Waals surface area (Å²) in [6.07, 6.45) is 3.30. The van der Waals surface area contributed by atoms with Crippen molar-refractivity contribution in [2.75, 3.05) is 0 Å². The van der Waals surface area contributed by atoms with Gasteiger partial charge in [0.05, 0.1) is 17.4 Å². The minimum atomic E-state index is -0.156. The molecule has 4 rings (SSSR count). The Bertz CT molecular complexity index is 1060. The normalized spacial score (nSPS) is 10.5. The van der Waals surface area contributed by atoms with Crippen molar-refractivity contribution in [3.63, 3.8) is 0 Å². The number of amides is 1. The molecular formula is C24H21N3O2. The van der Waals surface area contributed by atoms with Crippen molar-refractivity contribution in [3.05, 3.63) is 114 Å². The molecule has 4 aromatic rings. The number of hydrogen-bond donors (Lipinski definition) is 1. The molecule has 0 saturated heterocycles. The van der Waals surface area contributed by atoms with Gasteiger partial charge in [0.1, 0.15) is 12.4 Å². The molecule has 0 atom stereocenters. The van der Waals surface area contributed by atoms with Crippen molar-refractivity contribution >= 4 is 5.91 Å². The van der Waals surface area contributed by atoms with E-state index in [1.807, 2.05) is 84.9 Å². The monoisotopic (exact) mass is 383 g/mol. The molecule has 0 radical (unpaired) electrons. The van der Waals surface area contributed by atoms with Crippen LogP contribution in [0.2, 0.25) is 0 Å². The number of aromatic nitrogens is 2. The molecule has 0 unspecified atom stereocenters. The Hall–Kier alpha value is -3.86. The molecule has 144 valence electrons. The van der Waals surface area contributed by atoms with Gasteiger partial charge in [0.25, 0.3) is 5.91 Å². The van der Waals surface area contributed by atoms with Gasteiger partial charge in [0, 0.05) is 12.7 Å². The van der Waals surface area contributed by atoms with Crippen LogP contribution in [-0.2, 0) is 13.2 Å². The predicted octanol–water partition coefficient (Wildman–Crippen LogP) is 4.38. The fraction of sp³-hybridized carbons (Fsp3) is 0.0833. The molecule has 0 aliphatic rings. The summed E-state index contributed by atoms with van der Waals surface area (Å²) in [5.74, 6) is 0.643. The largest absolute Gasteiger partial charge is 0.489 e. The highest BCUT2D eigenvalue weighted by Gasteiger charge is 2.09. The van der Waals surface area contributed by atoms with E-state index in [9.17, 15) is 4.79 Å². The van der Waals surface area contributed by atoms with Crippen LogP contribution < -0.4 is 10.1 Å². The predicted molar refractivity (Wildman–Crippen MR) is 112 cm³/mol. The lowest BCUT2D eigenvalue weighted by Gasteiger charge is -2.08. The van der Waals surface area contributed by atoms with Gasteiger partial charge >= 0.3 is 0 Å². The average molecular weight is 383 g/mol. The second-order valence-electron chi connectivity index (χ2n) is 6.61. The standard InChI is InChI=1S/C24H21N3O2/c28-24(21-16-26-27(17-21)22-9-5-2-6-10-22)25-15-19-11-13-23(14-12-19)29-18-20-7-3-1-4-8-20/h1-14,16-17H,15,18H2,(H,25,28). The number of ether oxygens (including phenoxy) is 1.